The van der Waals surface area contributed by atoms with Crippen molar-refractivity contribution >= 4 is 28.5 Å². The zero-order chi connectivity index (χ0) is 21.3. The molecule has 0 saturated carbocycles. The van der Waals surface area contributed by atoms with Gasteiger partial charge >= 0.3 is 12.1 Å². The first-order valence-corrected chi connectivity index (χ1v) is 10.7. The number of hydrogen-bond acceptors (Lipinski definition) is 5. The van der Waals surface area contributed by atoms with Crippen LogP contribution in [0.15, 0.2) is 48.5 Å². The molecule has 6 nitrogen and oxygen atoms in total. The smallest absolute Gasteiger partial charge is 0.413 e. The summed E-state index contributed by atoms with van der Waals surface area (Å²) in [5, 5.41) is 12.2. The molecule has 0 spiro atoms. The Morgan fingerprint density at radius 1 is 1.13 bits per heavy atom. The highest BCUT2D eigenvalue weighted by Crippen LogP contribution is 2.44. The summed E-state index contributed by atoms with van der Waals surface area (Å²) in [5.74, 6) is -1.08. The van der Waals surface area contributed by atoms with Crippen LogP contribution in [0.5, 0.6) is 0 Å². The lowest BCUT2D eigenvalue weighted by Gasteiger charge is -2.14. The molecule has 1 aromatic heterocycles. The van der Waals surface area contributed by atoms with Crippen LogP contribution in [0.2, 0.25) is 0 Å². The number of aromatic carboxylic acids is 1. The van der Waals surface area contributed by atoms with Gasteiger partial charge in [0, 0.05) is 10.8 Å². The van der Waals surface area contributed by atoms with Crippen molar-refractivity contribution in [1.29, 1.82) is 0 Å². The maximum Gasteiger partial charge on any atom is 0.413 e. The number of benzene rings is 2. The molecule has 0 saturated heterocycles. The van der Waals surface area contributed by atoms with Crippen molar-refractivity contribution in [2.45, 2.75) is 32.1 Å². The number of amides is 1. The summed E-state index contributed by atoms with van der Waals surface area (Å²) >= 11 is 1.18. The van der Waals surface area contributed by atoms with Crippen molar-refractivity contribution < 1.29 is 19.4 Å². The Balaban J connectivity index is 1.48. The standard InChI is InChI=1S/C23H22N2O4S/c1-3-13(2)20-19(21(26)27)24-22(30-20)25-23(28)29-12-18-16-10-6-4-8-14(16)15-9-5-7-11-17(15)18/h4-11,13,18H,3,12H2,1-2H3,(H,26,27)(H,24,25,28). The van der Waals surface area contributed by atoms with Crippen molar-refractivity contribution in [1.82, 2.24) is 4.98 Å². The lowest BCUT2D eigenvalue weighted by molar-refractivity contribution is 0.0689. The van der Waals surface area contributed by atoms with Gasteiger partial charge in [-0.2, -0.15) is 0 Å². The van der Waals surface area contributed by atoms with Crippen molar-refractivity contribution in [3.63, 3.8) is 0 Å². The van der Waals surface area contributed by atoms with E-state index in [9.17, 15) is 14.7 Å². The largest absolute Gasteiger partial charge is 0.476 e. The summed E-state index contributed by atoms with van der Waals surface area (Å²) in [5.41, 5.74) is 4.57. The van der Waals surface area contributed by atoms with E-state index in [0.29, 0.717) is 4.88 Å². The average molecular weight is 423 g/mol. The van der Waals surface area contributed by atoms with Gasteiger partial charge in [-0.3, -0.25) is 5.32 Å². The zero-order valence-electron chi connectivity index (χ0n) is 16.7. The summed E-state index contributed by atoms with van der Waals surface area (Å²) in [6, 6.07) is 16.2. The van der Waals surface area contributed by atoms with E-state index in [1.165, 1.54) is 11.3 Å². The molecular formula is C23H22N2O4S. The monoisotopic (exact) mass is 422 g/mol. The maximum atomic E-state index is 12.4. The van der Waals surface area contributed by atoms with Gasteiger partial charge in [0.1, 0.15) is 6.61 Å². The number of carboxylic acid groups (broad SMARTS) is 1. The number of carbonyl (C=O) groups is 2. The van der Waals surface area contributed by atoms with Gasteiger partial charge in [-0.15, -0.1) is 11.3 Å². The molecule has 1 amide bonds. The highest BCUT2D eigenvalue weighted by Gasteiger charge is 2.29. The first-order valence-electron chi connectivity index (χ1n) is 9.85. The van der Waals surface area contributed by atoms with Gasteiger partial charge in [-0.25, -0.2) is 14.6 Å². The van der Waals surface area contributed by atoms with Crippen LogP contribution in [0.4, 0.5) is 9.93 Å². The number of nitrogens with zero attached hydrogens (tertiary/aromatic N) is 1. The Morgan fingerprint density at radius 3 is 2.30 bits per heavy atom. The minimum atomic E-state index is -1.10. The lowest BCUT2D eigenvalue weighted by atomic mass is 9.98. The Hall–Kier alpha value is -3.19. The van der Waals surface area contributed by atoms with Crippen LogP contribution in [0.1, 0.15) is 58.6 Å². The number of hydrogen-bond donors (Lipinski definition) is 2. The summed E-state index contributed by atoms with van der Waals surface area (Å²) in [6.45, 7) is 4.11. The molecule has 7 heteroatoms. The third-order valence-electron chi connectivity index (χ3n) is 5.47. The number of ether oxygens (including phenoxy) is 1. The number of thiazole rings is 1. The Labute approximate surface area is 178 Å². The topological polar surface area (TPSA) is 88.5 Å². The average Bonchev–Trinajstić information content (AvgIpc) is 3.31. The second kappa shape index (κ2) is 8.28. The zero-order valence-corrected chi connectivity index (χ0v) is 17.5. The van der Waals surface area contributed by atoms with Crippen LogP contribution in [-0.4, -0.2) is 28.8 Å². The molecule has 1 heterocycles. The number of carboxylic acids is 1. The predicted octanol–water partition coefficient (Wildman–Crippen LogP) is 5.72. The van der Waals surface area contributed by atoms with E-state index in [-0.39, 0.29) is 29.3 Å². The summed E-state index contributed by atoms with van der Waals surface area (Å²) in [7, 11) is 0. The highest BCUT2D eigenvalue weighted by molar-refractivity contribution is 7.16. The molecular weight excluding hydrogens is 400 g/mol. The van der Waals surface area contributed by atoms with Gasteiger partial charge in [0.25, 0.3) is 0 Å². The van der Waals surface area contributed by atoms with E-state index in [1.54, 1.807) is 0 Å². The van der Waals surface area contributed by atoms with Crippen molar-refractivity contribution in [2.24, 2.45) is 0 Å². The highest BCUT2D eigenvalue weighted by atomic mass is 32.1. The maximum absolute atomic E-state index is 12.4. The fourth-order valence-electron chi connectivity index (χ4n) is 3.78. The number of anilines is 1. The number of fused-ring (bicyclic) bond motifs is 3. The van der Waals surface area contributed by atoms with E-state index >= 15 is 0 Å². The third kappa shape index (κ3) is 3.68. The molecule has 4 rings (SSSR count). The van der Waals surface area contributed by atoms with Gasteiger partial charge in [-0.1, -0.05) is 62.4 Å². The molecule has 0 fully saturated rings. The predicted molar refractivity (Wildman–Crippen MR) is 116 cm³/mol. The van der Waals surface area contributed by atoms with Gasteiger partial charge in [0.2, 0.25) is 0 Å². The molecule has 30 heavy (non-hydrogen) atoms. The molecule has 0 bridgehead atoms. The van der Waals surface area contributed by atoms with Crippen LogP contribution in [0.25, 0.3) is 11.1 Å². The first kappa shape index (κ1) is 20.1. The molecule has 154 valence electrons. The van der Waals surface area contributed by atoms with E-state index in [0.717, 1.165) is 28.7 Å². The van der Waals surface area contributed by atoms with Crippen molar-refractivity contribution in [2.75, 3.05) is 11.9 Å². The molecule has 2 N–H and O–H groups in total. The third-order valence-corrected chi connectivity index (χ3v) is 6.67. The molecule has 3 aromatic rings. The Bertz CT molecular complexity index is 1060. The second-order valence-corrected chi connectivity index (χ2v) is 8.33. The van der Waals surface area contributed by atoms with Crippen LogP contribution in [-0.2, 0) is 4.74 Å². The van der Waals surface area contributed by atoms with Gasteiger partial charge < -0.3 is 9.84 Å². The van der Waals surface area contributed by atoms with Gasteiger partial charge in [-0.05, 0) is 34.6 Å². The number of rotatable bonds is 6. The Morgan fingerprint density at radius 2 is 1.73 bits per heavy atom. The molecule has 1 unspecified atom stereocenters. The van der Waals surface area contributed by atoms with E-state index < -0.39 is 12.1 Å². The Kier molecular flexibility index (Phi) is 5.55. The normalized spacial score (nSPS) is 13.4. The van der Waals surface area contributed by atoms with Crippen molar-refractivity contribution in [3.8, 4) is 11.1 Å². The molecule has 1 atom stereocenters. The molecule has 0 radical (unpaired) electrons. The number of nitrogens with one attached hydrogen (secondary N) is 1. The molecule has 1 aliphatic carbocycles. The second-order valence-electron chi connectivity index (χ2n) is 7.30. The van der Waals surface area contributed by atoms with Gasteiger partial charge in [0.15, 0.2) is 10.8 Å². The lowest BCUT2D eigenvalue weighted by Crippen LogP contribution is -2.18. The van der Waals surface area contributed by atoms with Crippen molar-refractivity contribution in [3.05, 3.63) is 70.2 Å². The molecule has 2 aromatic carbocycles. The van der Waals surface area contributed by atoms with Crippen LogP contribution < -0.4 is 5.32 Å². The van der Waals surface area contributed by atoms with E-state index in [1.807, 2.05) is 38.1 Å². The van der Waals surface area contributed by atoms with Crippen LogP contribution in [0.3, 0.4) is 0 Å². The number of aromatic nitrogens is 1. The van der Waals surface area contributed by atoms with Crippen LogP contribution >= 0.6 is 11.3 Å². The molecule has 0 aliphatic heterocycles. The minimum Gasteiger partial charge on any atom is -0.476 e. The quantitative estimate of drug-likeness (QED) is 0.531. The number of carbonyl (C=O) groups excluding carboxylic acids is 1. The summed E-state index contributed by atoms with van der Waals surface area (Å²) in [6.07, 6.45) is 0.144. The van der Waals surface area contributed by atoms with E-state index in [4.69, 9.17) is 4.74 Å². The van der Waals surface area contributed by atoms with E-state index in [2.05, 4.69) is 34.6 Å². The summed E-state index contributed by atoms with van der Waals surface area (Å²) < 4.78 is 5.51. The first-order chi connectivity index (χ1) is 14.5. The summed E-state index contributed by atoms with van der Waals surface area (Å²) in [4.78, 5) is 28.6. The molecule has 1 aliphatic rings. The fourth-order valence-corrected chi connectivity index (χ4v) is 4.86. The SMILES string of the molecule is CCC(C)c1sc(NC(=O)OCC2c3ccccc3-c3ccccc32)nc1C(=O)O. The van der Waals surface area contributed by atoms with Crippen LogP contribution in [0, 0.1) is 0 Å². The fraction of sp³-hybridized carbons (Fsp3) is 0.261. The van der Waals surface area contributed by atoms with Gasteiger partial charge in [0.05, 0.1) is 0 Å². The minimum absolute atomic E-state index is 0.0108.